The Morgan fingerprint density at radius 3 is 2.60 bits per heavy atom. The van der Waals surface area contributed by atoms with E-state index in [-0.39, 0.29) is 35.9 Å². The van der Waals surface area contributed by atoms with Crippen molar-refractivity contribution in [1.29, 1.82) is 0 Å². The van der Waals surface area contributed by atoms with Crippen molar-refractivity contribution in [3.05, 3.63) is 16.7 Å². The van der Waals surface area contributed by atoms with Gasteiger partial charge in [-0.25, -0.2) is 4.57 Å². The topological polar surface area (TPSA) is 221 Å². The van der Waals surface area contributed by atoms with E-state index in [1.807, 2.05) is 18.9 Å². The number of H-pyrrole nitrogens is 2. The van der Waals surface area contributed by atoms with Crippen LogP contribution in [0.25, 0.3) is 11.2 Å². The number of aromatic nitrogens is 4. The number of nitrogens with two attached hydrogens (primary N) is 1. The summed E-state index contributed by atoms with van der Waals surface area (Å²) >= 11 is 0. The van der Waals surface area contributed by atoms with Gasteiger partial charge in [-0.05, 0) is 34.1 Å². The minimum atomic E-state index is -4.60. The van der Waals surface area contributed by atoms with E-state index in [1.165, 1.54) is 10.9 Å². The van der Waals surface area contributed by atoms with E-state index in [0.29, 0.717) is 0 Å². The molecule has 2 unspecified atom stereocenters. The summed E-state index contributed by atoms with van der Waals surface area (Å²) < 4.78 is 37.1. The Balaban J connectivity index is 1.90. The van der Waals surface area contributed by atoms with Crippen molar-refractivity contribution in [2.24, 2.45) is 0 Å². The minimum Gasteiger partial charge on any atom is -0.766 e. The van der Waals surface area contributed by atoms with E-state index < -0.39 is 56.8 Å². The number of rotatable bonds is 12. The molecule has 0 saturated carbocycles. The van der Waals surface area contributed by atoms with Crippen LogP contribution in [0.5, 0.6) is 0 Å². The molecule has 15 nitrogen and oxygen atoms in total. The largest absolute Gasteiger partial charge is 0.766 e. The smallest absolute Gasteiger partial charge is 0.313 e. The van der Waals surface area contributed by atoms with Crippen LogP contribution < -0.4 is 30.9 Å². The highest BCUT2D eigenvalue weighted by Crippen LogP contribution is 2.37. The number of aromatic amines is 2. The third-order valence-electron chi connectivity index (χ3n) is 4.97. The fourth-order valence-corrected chi connectivity index (χ4v) is 4.52. The number of hydrogen-bond donors (Lipinski definition) is 4. The van der Waals surface area contributed by atoms with Crippen molar-refractivity contribution in [3.8, 4) is 0 Å². The lowest BCUT2D eigenvalue weighted by molar-refractivity contribution is -0.745. The summed E-state index contributed by atoms with van der Waals surface area (Å²) in [6.45, 7) is 6.43. The fourth-order valence-electron chi connectivity index (χ4n) is 3.70. The number of carboxylic acids is 1. The monoisotopic (exact) mass is 517 g/mol. The number of carboxylic acid groups (broad SMARTS) is 1. The lowest BCUT2D eigenvalue weighted by Crippen LogP contribution is -2.48. The number of fused-ring (bicyclic) bond motifs is 1. The average molecular weight is 517 g/mol. The molecule has 0 spiro atoms. The van der Waals surface area contributed by atoms with Crippen LogP contribution >= 0.6 is 7.75 Å². The van der Waals surface area contributed by atoms with E-state index >= 15 is 0 Å². The van der Waals surface area contributed by atoms with Gasteiger partial charge in [0.05, 0.1) is 18.8 Å². The van der Waals surface area contributed by atoms with E-state index in [0.717, 1.165) is 0 Å². The fraction of sp³-hybridized carbons (Fsp3) is 0.684. The molecule has 1 aliphatic heterocycles. The lowest BCUT2D eigenvalue weighted by atomic mass is 10.1. The number of nitrogens with one attached hydrogen (secondary N) is 3. The van der Waals surface area contributed by atoms with Crippen molar-refractivity contribution in [2.45, 2.75) is 70.9 Å². The van der Waals surface area contributed by atoms with Gasteiger partial charge in [0.2, 0.25) is 19.5 Å². The maximum absolute atomic E-state index is 12.3. The average Bonchev–Trinajstić information content (AvgIpc) is 3.27. The standard InChI is InChI=1S/C19H31N6O9P/c1-9(2)32-14-11(7-31-35(29,30)22-6-5-12(26)27)34-18(15(14)33-10(3)4)25-8-21-13-16(25)23-19(20)24-17(13)28/h8-11,14-15,18H,5-7H2,1-4H3,(H6,20,22,23,24,26,27,28,29,30)/p-1/t11-,14+,15?,18-/m1/s1. The Morgan fingerprint density at radius 2 is 1.97 bits per heavy atom. The number of nitrogens with zero attached hydrogens (tertiary/aromatic N) is 2. The van der Waals surface area contributed by atoms with Crippen molar-refractivity contribution in [1.82, 2.24) is 20.0 Å². The molecule has 2 aromatic heterocycles. The molecule has 16 heteroatoms. The van der Waals surface area contributed by atoms with Crippen LogP contribution in [0, 0.1) is 0 Å². The van der Waals surface area contributed by atoms with Crippen LogP contribution in [0.1, 0.15) is 40.3 Å². The molecular weight excluding hydrogens is 487 g/mol. The van der Waals surface area contributed by atoms with E-state index in [2.05, 4.69) is 15.0 Å². The molecule has 5 atom stereocenters. The van der Waals surface area contributed by atoms with Crippen LogP contribution in [0.2, 0.25) is 0 Å². The second kappa shape index (κ2) is 11.1. The number of carbonyl (C=O) groups is 1. The van der Waals surface area contributed by atoms with Crippen molar-refractivity contribution in [2.75, 3.05) is 18.9 Å². The second-order valence-corrected chi connectivity index (χ2v) is 10.1. The van der Waals surface area contributed by atoms with Gasteiger partial charge >= 0.3 is 5.65 Å². The predicted octanol–water partition coefficient (Wildman–Crippen LogP) is -2.18. The minimum absolute atomic E-state index is 0.0973. The van der Waals surface area contributed by atoms with Crippen LogP contribution in [0.15, 0.2) is 11.1 Å². The molecular formula is C19H30N6O9P-. The number of anilines is 1. The van der Waals surface area contributed by atoms with Crippen LogP contribution in [0.4, 0.5) is 5.95 Å². The van der Waals surface area contributed by atoms with Crippen LogP contribution in [-0.4, -0.2) is 64.6 Å². The number of hydrogen-bond acceptors (Lipinski definition) is 11. The van der Waals surface area contributed by atoms with Crippen LogP contribution in [-0.2, 0) is 28.1 Å². The molecule has 1 saturated heterocycles. The van der Waals surface area contributed by atoms with E-state index in [1.54, 1.807) is 13.8 Å². The molecule has 2 aromatic rings. The van der Waals surface area contributed by atoms with Gasteiger partial charge in [-0.2, -0.15) is 0 Å². The van der Waals surface area contributed by atoms with Gasteiger partial charge in [-0.3, -0.25) is 24.4 Å². The first-order valence-electron chi connectivity index (χ1n) is 11.0. The van der Waals surface area contributed by atoms with Gasteiger partial charge in [0.1, 0.15) is 18.3 Å². The summed E-state index contributed by atoms with van der Waals surface area (Å²) in [6, 6.07) is 0. The summed E-state index contributed by atoms with van der Waals surface area (Å²) in [5, 5.41) is 12.6. The van der Waals surface area contributed by atoms with Crippen molar-refractivity contribution < 1.29 is 42.7 Å². The highest BCUT2D eigenvalue weighted by molar-refractivity contribution is 7.49. The molecule has 196 valence electrons. The molecule has 3 heterocycles. The molecule has 1 aliphatic rings. The first-order chi connectivity index (χ1) is 16.4. The van der Waals surface area contributed by atoms with Gasteiger partial charge in [-0.15, -0.1) is 0 Å². The van der Waals surface area contributed by atoms with Crippen molar-refractivity contribution in [3.63, 3.8) is 0 Å². The van der Waals surface area contributed by atoms with Gasteiger partial charge in [-0.1, -0.05) is 4.98 Å². The Labute approximate surface area is 200 Å². The summed E-state index contributed by atoms with van der Waals surface area (Å²) in [6.07, 6.45) is -2.85. The molecule has 0 aliphatic carbocycles. The Kier molecular flexibility index (Phi) is 8.64. The molecule has 0 amide bonds. The number of ether oxygens (including phenoxy) is 3. The zero-order chi connectivity index (χ0) is 25.9. The van der Waals surface area contributed by atoms with Gasteiger partial charge in [0.15, 0.2) is 6.33 Å². The normalized spacial score (nSPS) is 24.4. The molecule has 3 rings (SSSR count). The van der Waals surface area contributed by atoms with Crippen LogP contribution in [0.3, 0.4) is 0 Å². The maximum atomic E-state index is 12.3. The summed E-state index contributed by atoms with van der Waals surface area (Å²) in [4.78, 5) is 44.4. The quantitative estimate of drug-likeness (QED) is 0.174. The van der Waals surface area contributed by atoms with Gasteiger partial charge < -0.3 is 39.3 Å². The SMILES string of the molecule is CC(C)OC1[C@@H](OC(C)C)[C@@H](COP(=O)([O-])NCCC(=O)[O-])O[C@H]1[n+]1c[nH]c2c(=O)[nH]c(N)nc21. The second-order valence-electron chi connectivity index (χ2n) is 8.52. The molecule has 1 fully saturated rings. The molecule has 0 aromatic carbocycles. The molecule has 0 radical (unpaired) electrons. The zero-order valence-corrected chi connectivity index (χ0v) is 20.7. The maximum Gasteiger partial charge on any atom is 0.313 e. The number of nitrogen functional groups attached to an aromatic ring is 1. The van der Waals surface area contributed by atoms with E-state index in [4.69, 9.17) is 24.5 Å². The van der Waals surface area contributed by atoms with Gasteiger partial charge in [0.25, 0.3) is 11.5 Å². The van der Waals surface area contributed by atoms with Gasteiger partial charge in [0, 0.05) is 12.5 Å². The highest BCUT2D eigenvalue weighted by Gasteiger charge is 2.51. The molecule has 5 N–H and O–H groups in total. The summed E-state index contributed by atoms with van der Waals surface area (Å²) in [7, 11) is -4.60. The lowest BCUT2D eigenvalue weighted by Gasteiger charge is -2.29. The Morgan fingerprint density at radius 1 is 1.31 bits per heavy atom. The van der Waals surface area contributed by atoms with E-state index in [9.17, 15) is 24.2 Å². The zero-order valence-electron chi connectivity index (χ0n) is 19.8. The Bertz CT molecular complexity index is 1140. The first kappa shape index (κ1) is 27.2. The van der Waals surface area contributed by atoms with Crippen molar-refractivity contribution >= 4 is 30.8 Å². The number of carbonyl (C=O) groups excluding carboxylic acids is 1. The molecule has 0 bridgehead atoms. The third kappa shape index (κ3) is 6.85. The first-order valence-corrected chi connectivity index (χ1v) is 12.6. The number of aliphatic carboxylic acids is 1. The Hall–Kier alpha value is -2.39. The summed E-state index contributed by atoms with van der Waals surface area (Å²) in [5.41, 5.74) is 5.61. The predicted molar refractivity (Wildman–Crippen MR) is 116 cm³/mol. The number of imidazole rings is 1. The summed E-state index contributed by atoms with van der Waals surface area (Å²) in [5.74, 6) is -1.50. The molecule has 35 heavy (non-hydrogen) atoms. The third-order valence-corrected chi connectivity index (χ3v) is 6.07. The highest BCUT2D eigenvalue weighted by atomic mass is 31.2.